The molecule has 0 saturated carbocycles. The maximum absolute atomic E-state index is 14.4. The van der Waals surface area contributed by atoms with E-state index in [0.29, 0.717) is 24.1 Å². The van der Waals surface area contributed by atoms with Gasteiger partial charge in [-0.3, -0.25) is 0 Å². The fraction of sp³-hybridized carbons (Fsp3) is 0.190. The molecule has 0 aliphatic carbocycles. The summed E-state index contributed by atoms with van der Waals surface area (Å²) in [6.45, 7) is 0.474. The van der Waals surface area contributed by atoms with Crippen molar-refractivity contribution in [3.63, 3.8) is 0 Å². The summed E-state index contributed by atoms with van der Waals surface area (Å²) in [5, 5.41) is 12.3. The lowest BCUT2D eigenvalue weighted by Gasteiger charge is -2.14. The highest BCUT2D eigenvalue weighted by Crippen LogP contribution is 2.30. The Hall–Kier alpha value is -3.75. The number of carboxylic acid groups (broad SMARTS) is 1. The molecule has 1 aliphatic rings. The lowest BCUT2D eigenvalue weighted by atomic mass is 10.1. The number of hydrogen-bond acceptors (Lipinski definition) is 6. The molecular formula is C21H17F2N3O4. The van der Waals surface area contributed by atoms with Gasteiger partial charge in [0.2, 0.25) is 5.95 Å². The van der Waals surface area contributed by atoms with Gasteiger partial charge < -0.3 is 19.9 Å². The van der Waals surface area contributed by atoms with Gasteiger partial charge in [-0.15, -0.1) is 0 Å². The SMILES string of the molecule is O=C(O)c1ccc2cc1OCCCCOc1cc(ccc1F)-c1nc(ncc1F)N2. The van der Waals surface area contributed by atoms with E-state index >= 15 is 0 Å². The number of nitrogens with zero attached hydrogens (tertiary/aromatic N) is 2. The smallest absolute Gasteiger partial charge is 0.339 e. The van der Waals surface area contributed by atoms with Crippen molar-refractivity contribution in [2.24, 2.45) is 0 Å². The number of fused-ring (bicyclic) bond motifs is 7. The van der Waals surface area contributed by atoms with E-state index in [2.05, 4.69) is 15.3 Å². The first-order chi connectivity index (χ1) is 14.5. The second-order valence-electron chi connectivity index (χ2n) is 6.58. The summed E-state index contributed by atoms with van der Waals surface area (Å²) in [5.74, 6) is -2.11. The number of anilines is 2. The third-order valence-corrected chi connectivity index (χ3v) is 4.47. The van der Waals surface area contributed by atoms with E-state index < -0.39 is 17.6 Å². The van der Waals surface area contributed by atoms with Crippen molar-refractivity contribution in [1.82, 2.24) is 9.97 Å². The molecule has 6 bridgehead atoms. The first kappa shape index (κ1) is 19.6. The molecule has 2 heterocycles. The number of hydrogen-bond donors (Lipinski definition) is 2. The monoisotopic (exact) mass is 413 g/mol. The second-order valence-corrected chi connectivity index (χ2v) is 6.58. The topological polar surface area (TPSA) is 93.6 Å². The molecule has 3 aromatic rings. The van der Waals surface area contributed by atoms with Crippen LogP contribution in [0, 0.1) is 11.6 Å². The van der Waals surface area contributed by atoms with E-state index in [0.717, 1.165) is 6.20 Å². The van der Waals surface area contributed by atoms with Crippen LogP contribution in [0.5, 0.6) is 11.5 Å². The maximum Gasteiger partial charge on any atom is 0.339 e. The lowest BCUT2D eigenvalue weighted by Crippen LogP contribution is -2.08. The molecule has 2 aromatic carbocycles. The van der Waals surface area contributed by atoms with Gasteiger partial charge in [-0.25, -0.2) is 23.5 Å². The predicted molar refractivity (Wildman–Crippen MR) is 104 cm³/mol. The number of ether oxygens (including phenoxy) is 2. The highest BCUT2D eigenvalue weighted by Gasteiger charge is 2.16. The number of nitrogens with one attached hydrogen (secondary N) is 1. The third kappa shape index (κ3) is 4.14. The number of aromatic carboxylic acids is 1. The molecule has 0 amide bonds. The molecule has 0 saturated heterocycles. The average Bonchev–Trinajstić information content (AvgIpc) is 2.72. The van der Waals surface area contributed by atoms with Crippen LogP contribution in [0.3, 0.4) is 0 Å². The molecule has 0 unspecified atom stereocenters. The molecule has 154 valence electrons. The Bertz CT molecular complexity index is 1110. The first-order valence-electron chi connectivity index (χ1n) is 9.24. The van der Waals surface area contributed by atoms with Crippen molar-refractivity contribution in [1.29, 1.82) is 0 Å². The van der Waals surface area contributed by atoms with E-state index in [9.17, 15) is 18.7 Å². The standard InChI is InChI=1S/C21H17F2N3O4/c22-15-6-3-12-9-18(15)30-8-2-1-7-29-17-10-13(4-5-14(17)20(27)28)25-21-24-11-16(23)19(12)26-21/h3-6,9-11H,1-2,7-8H2,(H,27,28)(H,24,25,26). The van der Waals surface area contributed by atoms with Gasteiger partial charge >= 0.3 is 5.97 Å². The van der Waals surface area contributed by atoms with E-state index in [1.165, 1.54) is 36.4 Å². The quantitative estimate of drug-likeness (QED) is 0.610. The summed E-state index contributed by atoms with van der Waals surface area (Å²) < 4.78 is 39.6. The molecule has 9 heteroatoms. The summed E-state index contributed by atoms with van der Waals surface area (Å²) in [4.78, 5) is 19.6. The number of carbonyl (C=O) groups is 1. The fourth-order valence-corrected chi connectivity index (χ4v) is 2.98. The fourth-order valence-electron chi connectivity index (χ4n) is 2.98. The zero-order valence-corrected chi connectivity index (χ0v) is 15.7. The van der Waals surface area contributed by atoms with Crippen LogP contribution in [-0.2, 0) is 0 Å². The Balaban J connectivity index is 1.77. The van der Waals surface area contributed by atoms with Gasteiger partial charge in [0.15, 0.2) is 17.4 Å². The van der Waals surface area contributed by atoms with Crippen LogP contribution < -0.4 is 14.8 Å². The van der Waals surface area contributed by atoms with Crippen LogP contribution in [0.4, 0.5) is 20.4 Å². The predicted octanol–water partition coefficient (Wildman–Crippen LogP) is 4.42. The van der Waals surface area contributed by atoms with Crippen LogP contribution in [0.1, 0.15) is 23.2 Å². The summed E-state index contributed by atoms with van der Waals surface area (Å²) in [7, 11) is 0. The minimum Gasteiger partial charge on any atom is -0.493 e. The van der Waals surface area contributed by atoms with Crippen LogP contribution in [0.15, 0.2) is 42.6 Å². The third-order valence-electron chi connectivity index (χ3n) is 4.47. The molecule has 0 radical (unpaired) electrons. The average molecular weight is 413 g/mol. The molecular weight excluding hydrogens is 396 g/mol. The highest BCUT2D eigenvalue weighted by atomic mass is 19.1. The molecule has 0 spiro atoms. The van der Waals surface area contributed by atoms with Crippen molar-refractivity contribution >= 4 is 17.6 Å². The number of aromatic nitrogens is 2. The van der Waals surface area contributed by atoms with Gasteiger partial charge in [-0.05, 0) is 43.2 Å². The normalized spacial score (nSPS) is 13.5. The van der Waals surface area contributed by atoms with Crippen molar-refractivity contribution in [2.75, 3.05) is 18.5 Å². The van der Waals surface area contributed by atoms with Gasteiger partial charge in [-0.2, -0.15) is 0 Å². The number of halogens is 2. The Morgan fingerprint density at radius 3 is 2.53 bits per heavy atom. The first-order valence-corrected chi connectivity index (χ1v) is 9.24. The number of carboxylic acids is 1. The zero-order chi connectivity index (χ0) is 21.1. The number of rotatable bonds is 1. The zero-order valence-electron chi connectivity index (χ0n) is 15.7. The van der Waals surface area contributed by atoms with Crippen molar-refractivity contribution < 1.29 is 28.2 Å². The van der Waals surface area contributed by atoms with Crippen molar-refractivity contribution in [3.05, 3.63) is 59.8 Å². The molecule has 30 heavy (non-hydrogen) atoms. The minimum atomic E-state index is -1.12. The van der Waals surface area contributed by atoms with Crippen LogP contribution in [0.2, 0.25) is 0 Å². The lowest BCUT2D eigenvalue weighted by molar-refractivity contribution is 0.0692. The summed E-state index contributed by atoms with van der Waals surface area (Å²) >= 11 is 0. The van der Waals surface area contributed by atoms with Crippen molar-refractivity contribution in [3.8, 4) is 22.8 Å². The minimum absolute atomic E-state index is 0.00795. The van der Waals surface area contributed by atoms with Crippen LogP contribution in [0.25, 0.3) is 11.3 Å². The number of benzene rings is 2. The molecule has 0 fully saturated rings. The Kier molecular flexibility index (Phi) is 5.42. The highest BCUT2D eigenvalue weighted by molar-refractivity contribution is 5.91. The van der Waals surface area contributed by atoms with E-state index in [1.54, 1.807) is 0 Å². The van der Waals surface area contributed by atoms with Gasteiger partial charge in [0.05, 0.1) is 19.4 Å². The largest absolute Gasteiger partial charge is 0.493 e. The van der Waals surface area contributed by atoms with Gasteiger partial charge in [0.25, 0.3) is 0 Å². The van der Waals surface area contributed by atoms with E-state index in [1.807, 2.05) is 0 Å². The molecule has 1 aliphatic heterocycles. The summed E-state index contributed by atoms with van der Waals surface area (Å²) in [5.41, 5.74) is 0.799. The van der Waals surface area contributed by atoms with Crippen LogP contribution in [-0.4, -0.2) is 34.3 Å². The molecule has 7 nitrogen and oxygen atoms in total. The van der Waals surface area contributed by atoms with Gasteiger partial charge in [0.1, 0.15) is 17.0 Å². The second kappa shape index (κ2) is 8.32. The Morgan fingerprint density at radius 2 is 1.77 bits per heavy atom. The van der Waals surface area contributed by atoms with Gasteiger partial charge in [0, 0.05) is 17.3 Å². The Morgan fingerprint density at radius 1 is 1.00 bits per heavy atom. The maximum atomic E-state index is 14.4. The molecule has 2 N–H and O–H groups in total. The van der Waals surface area contributed by atoms with E-state index in [-0.39, 0.29) is 41.9 Å². The summed E-state index contributed by atoms with van der Waals surface area (Å²) in [6.07, 6.45) is 2.12. The van der Waals surface area contributed by atoms with Gasteiger partial charge in [-0.1, -0.05) is 0 Å². The van der Waals surface area contributed by atoms with E-state index in [4.69, 9.17) is 9.47 Å². The molecule has 4 rings (SSSR count). The molecule has 1 aromatic heterocycles. The molecule has 0 atom stereocenters. The summed E-state index contributed by atoms with van der Waals surface area (Å²) in [6, 6.07) is 8.47. The Labute approximate surface area is 170 Å². The van der Waals surface area contributed by atoms with Crippen LogP contribution >= 0.6 is 0 Å². The van der Waals surface area contributed by atoms with Crippen molar-refractivity contribution in [2.45, 2.75) is 12.8 Å².